The van der Waals surface area contributed by atoms with Crippen LogP contribution < -0.4 is 5.32 Å². The Morgan fingerprint density at radius 2 is 1.79 bits per heavy atom. The number of imide groups is 1. The van der Waals surface area contributed by atoms with Crippen LogP contribution in [0.2, 0.25) is 0 Å². The highest BCUT2D eigenvalue weighted by atomic mass is 19.1. The van der Waals surface area contributed by atoms with E-state index in [2.05, 4.69) is 5.32 Å². The molecule has 1 heterocycles. The van der Waals surface area contributed by atoms with Gasteiger partial charge in [0.2, 0.25) is 17.7 Å². The fourth-order valence-corrected chi connectivity index (χ4v) is 3.30. The second-order valence-electron chi connectivity index (χ2n) is 6.19. The molecule has 1 aromatic rings. The van der Waals surface area contributed by atoms with Gasteiger partial charge in [0.25, 0.3) is 0 Å². The molecule has 1 aliphatic heterocycles. The van der Waals surface area contributed by atoms with Gasteiger partial charge in [0.1, 0.15) is 11.9 Å². The summed E-state index contributed by atoms with van der Waals surface area (Å²) in [5.41, 5.74) is 0.356. The number of likely N-dealkylation sites (tertiary alicyclic amines) is 1. The summed E-state index contributed by atoms with van der Waals surface area (Å²) >= 11 is 0. The first-order valence-corrected chi connectivity index (χ1v) is 8.03. The first-order valence-electron chi connectivity index (χ1n) is 8.03. The molecule has 0 saturated carbocycles. The van der Waals surface area contributed by atoms with E-state index in [4.69, 9.17) is 0 Å². The monoisotopic (exact) mass is 330 g/mol. The molecule has 0 aromatic heterocycles. The van der Waals surface area contributed by atoms with E-state index in [1.54, 1.807) is 18.2 Å². The van der Waals surface area contributed by atoms with Crippen molar-refractivity contribution < 1.29 is 18.8 Å². The van der Waals surface area contributed by atoms with Crippen molar-refractivity contribution in [2.24, 2.45) is 11.8 Å². The van der Waals surface area contributed by atoms with Crippen LogP contribution in [0.4, 0.5) is 4.39 Å². The predicted octanol–water partition coefficient (Wildman–Crippen LogP) is 1.78. The molecular weight excluding hydrogens is 311 g/mol. The van der Waals surface area contributed by atoms with E-state index >= 15 is 0 Å². The fraction of sp³-hybridized carbons (Fsp3) is 0.389. The Kier molecular flexibility index (Phi) is 4.46. The number of allylic oxidation sites excluding steroid dienone is 2. The molecule has 2 aliphatic rings. The van der Waals surface area contributed by atoms with E-state index in [9.17, 15) is 18.8 Å². The summed E-state index contributed by atoms with van der Waals surface area (Å²) < 4.78 is 13.6. The second-order valence-corrected chi connectivity index (χ2v) is 6.19. The molecule has 126 valence electrons. The maximum absolute atomic E-state index is 13.6. The molecule has 1 aliphatic carbocycles. The topological polar surface area (TPSA) is 66.5 Å². The van der Waals surface area contributed by atoms with Crippen molar-refractivity contribution in [1.82, 2.24) is 10.2 Å². The number of amides is 3. The molecule has 3 amide bonds. The van der Waals surface area contributed by atoms with Gasteiger partial charge in [-0.05, 0) is 25.8 Å². The summed E-state index contributed by atoms with van der Waals surface area (Å²) in [4.78, 5) is 38.3. The number of hydrogen-bond acceptors (Lipinski definition) is 3. The first kappa shape index (κ1) is 16.4. The number of rotatable bonds is 4. The normalized spacial score (nSPS) is 24.0. The minimum Gasteiger partial charge on any atom is -0.350 e. The lowest BCUT2D eigenvalue weighted by Crippen LogP contribution is -2.48. The van der Waals surface area contributed by atoms with Gasteiger partial charge in [-0.15, -0.1) is 0 Å². The summed E-state index contributed by atoms with van der Waals surface area (Å²) in [7, 11) is 0. The highest BCUT2D eigenvalue weighted by molar-refractivity contribution is 6.08. The Morgan fingerprint density at radius 1 is 1.21 bits per heavy atom. The summed E-state index contributed by atoms with van der Waals surface area (Å²) in [5, 5.41) is 2.60. The van der Waals surface area contributed by atoms with Crippen LogP contribution in [-0.2, 0) is 20.9 Å². The quantitative estimate of drug-likeness (QED) is 0.676. The maximum Gasteiger partial charge on any atom is 0.243 e. The average Bonchev–Trinajstić information content (AvgIpc) is 2.85. The Hall–Kier alpha value is -2.50. The highest BCUT2D eigenvalue weighted by Gasteiger charge is 2.49. The number of benzene rings is 1. The minimum atomic E-state index is -0.901. The molecule has 5 nitrogen and oxygen atoms in total. The van der Waals surface area contributed by atoms with E-state index in [1.165, 1.54) is 13.0 Å². The number of fused-ring (bicyclic) bond motifs is 1. The Bertz CT molecular complexity index is 690. The number of nitrogens with zero attached hydrogens (tertiary/aromatic N) is 1. The zero-order valence-corrected chi connectivity index (χ0v) is 13.4. The number of nitrogens with one attached hydrogen (secondary N) is 1. The third kappa shape index (κ3) is 2.84. The molecule has 6 heteroatoms. The lowest BCUT2D eigenvalue weighted by molar-refractivity contribution is -0.147. The van der Waals surface area contributed by atoms with Crippen LogP contribution in [0.15, 0.2) is 36.4 Å². The van der Waals surface area contributed by atoms with Gasteiger partial charge in [0, 0.05) is 12.1 Å². The van der Waals surface area contributed by atoms with Crippen molar-refractivity contribution in [1.29, 1.82) is 0 Å². The van der Waals surface area contributed by atoms with Crippen LogP contribution >= 0.6 is 0 Å². The van der Waals surface area contributed by atoms with E-state index in [0.29, 0.717) is 18.4 Å². The zero-order valence-electron chi connectivity index (χ0n) is 13.4. The third-order valence-corrected chi connectivity index (χ3v) is 4.72. The van der Waals surface area contributed by atoms with Gasteiger partial charge in [0.05, 0.1) is 11.8 Å². The van der Waals surface area contributed by atoms with E-state index in [1.807, 2.05) is 12.2 Å². The van der Waals surface area contributed by atoms with Gasteiger partial charge >= 0.3 is 0 Å². The average molecular weight is 330 g/mol. The lowest BCUT2D eigenvalue weighted by atomic mass is 9.85. The van der Waals surface area contributed by atoms with Gasteiger partial charge in [-0.3, -0.25) is 19.3 Å². The SMILES string of the molecule is CC(C(=O)NCc1ccccc1F)N1C(=O)C2CC=CCC2C1=O. The summed E-state index contributed by atoms with van der Waals surface area (Å²) in [6.07, 6.45) is 4.88. The van der Waals surface area contributed by atoms with E-state index in [-0.39, 0.29) is 30.2 Å². The van der Waals surface area contributed by atoms with Crippen molar-refractivity contribution in [2.45, 2.75) is 32.4 Å². The third-order valence-electron chi connectivity index (χ3n) is 4.72. The number of carbonyl (C=O) groups excluding carboxylic acids is 3. The molecule has 1 fully saturated rings. The lowest BCUT2D eigenvalue weighted by Gasteiger charge is -2.22. The van der Waals surface area contributed by atoms with Crippen LogP contribution in [0.25, 0.3) is 0 Å². The van der Waals surface area contributed by atoms with E-state index in [0.717, 1.165) is 4.90 Å². The predicted molar refractivity (Wildman–Crippen MR) is 84.9 cm³/mol. The highest BCUT2D eigenvalue weighted by Crippen LogP contribution is 2.36. The van der Waals surface area contributed by atoms with E-state index < -0.39 is 17.8 Å². The molecule has 3 unspecified atom stereocenters. The number of carbonyl (C=O) groups is 3. The van der Waals surface area contributed by atoms with Crippen LogP contribution in [-0.4, -0.2) is 28.7 Å². The number of halogens is 1. The van der Waals surface area contributed by atoms with Gasteiger partial charge in [0.15, 0.2) is 0 Å². The molecule has 0 bridgehead atoms. The Morgan fingerprint density at radius 3 is 2.38 bits per heavy atom. The van der Waals surface area contributed by atoms with Crippen LogP contribution in [0.5, 0.6) is 0 Å². The Labute approximate surface area is 139 Å². The molecule has 1 aromatic carbocycles. The smallest absolute Gasteiger partial charge is 0.243 e. The summed E-state index contributed by atoms with van der Waals surface area (Å²) in [6, 6.07) is 5.24. The van der Waals surface area contributed by atoms with Gasteiger partial charge in [-0.25, -0.2) is 4.39 Å². The van der Waals surface area contributed by atoms with Crippen molar-refractivity contribution >= 4 is 17.7 Å². The summed E-state index contributed by atoms with van der Waals surface area (Å²) in [6.45, 7) is 1.54. The molecule has 0 spiro atoms. The van der Waals surface area contributed by atoms with Gasteiger partial charge < -0.3 is 5.32 Å². The molecule has 1 saturated heterocycles. The molecule has 1 N–H and O–H groups in total. The maximum atomic E-state index is 13.6. The molecule has 24 heavy (non-hydrogen) atoms. The number of hydrogen-bond donors (Lipinski definition) is 1. The van der Waals surface area contributed by atoms with Crippen molar-refractivity contribution in [2.75, 3.05) is 0 Å². The molecule has 3 rings (SSSR count). The standard InChI is InChI=1S/C18H19FN2O3/c1-11(16(22)20-10-12-6-2-5-9-15(12)19)21-17(23)13-7-3-4-8-14(13)18(21)24/h2-6,9,11,13-14H,7-8,10H2,1H3,(H,20,22). The fourth-order valence-electron chi connectivity index (χ4n) is 3.30. The summed E-state index contributed by atoms with van der Waals surface area (Å²) in [5.74, 6) is -2.16. The van der Waals surface area contributed by atoms with Crippen molar-refractivity contribution in [3.05, 3.63) is 47.8 Å². The zero-order chi connectivity index (χ0) is 17.3. The minimum absolute atomic E-state index is 0.0144. The van der Waals surface area contributed by atoms with Gasteiger partial charge in [-0.1, -0.05) is 30.4 Å². The Balaban J connectivity index is 1.66. The van der Waals surface area contributed by atoms with Crippen LogP contribution in [0.1, 0.15) is 25.3 Å². The molecule has 0 radical (unpaired) electrons. The second kappa shape index (κ2) is 6.55. The van der Waals surface area contributed by atoms with Crippen molar-refractivity contribution in [3.63, 3.8) is 0 Å². The largest absolute Gasteiger partial charge is 0.350 e. The van der Waals surface area contributed by atoms with Crippen LogP contribution in [0, 0.1) is 17.7 Å². The first-order chi connectivity index (χ1) is 11.5. The van der Waals surface area contributed by atoms with Crippen molar-refractivity contribution in [3.8, 4) is 0 Å². The van der Waals surface area contributed by atoms with Gasteiger partial charge in [-0.2, -0.15) is 0 Å². The van der Waals surface area contributed by atoms with Crippen LogP contribution in [0.3, 0.4) is 0 Å². The molecule has 3 atom stereocenters. The molecular formula is C18H19FN2O3.